The normalized spacial score (nSPS) is 21.3. The summed E-state index contributed by atoms with van der Waals surface area (Å²) < 4.78 is 46.3. The van der Waals surface area contributed by atoms with E-state index >= 15 is 0 Å². The standard InChI is InChI=1S/C17H17FN2O5S/c18-17(8-25-9-17)7-20-26(23,24)15-14-6-12-5-13(16(21)22)4-11(12)3-10(14)1-2-19-15/h1-3,6,13,20H,4-5,7-9H2,(H,21,22). The highest BCUT2D eigenvalue weighted by Gasteiger charge is 2.40. The van der Waals surface area contributed by atoms with Crippen LogP contribution in [0.1, 0.15) is 11.1 Å². The Morgan fingerprint density at radius 1 is 1.35 bits per heavy atom. The van der Waals surface area contributed by atoms with Crippen LogP contribution in [0.5, 0.6) is 0 Å². The van der Waals surface area contributed by atoms with Gasteiger partial charge < -0.3 is 9.84 Å². The van der Waals surface area contributed by atoms with Crippen molar-refractivity contribution in [3.05, 3.63) is 35.5 Å². The Labute approximate surface area is 149 Å². The van der Waals surface area contributed by atoms with Crippen LogP contribution in [-0.4, -0.2) is 49.9 Å². The molecule has 0 spiro atoms. The minimum Gasteiger partial charge on any atom is -0.481 e. The SMILES string of the molecule is O=C(O)C1Cc2cc3ccnc(S(=O)(=O)NCC4(F)COC4)c3cc2C1. The van der Waals surface area contributed by atoms with Crippen LogP contribution in [0, 0.1) is 5.92 Å². The number of alkyl halides is 1. The summed E-state index contributed by atoms with van der Waals surface area (Å²) in [5, 5.41) is 10.1. The lowest BCUT2D eigenvalue weighted by molar-refractivity contribution is -0.141. The topological polar surface area (TPSA) is 106 Å². The number of carboxylic acids is 1. The summed E-state index contributed by atoms with van der Waals surface area (Å²) in [5.74, 6) is -1.37. The van der Waals surface area contributed by atoms with Gasteiger partial charge in [-0.15, -0.1) is 0 Å². The first-order valence-corrected chi connectivity index (χ1v) is 9.65. The van der Waals surface area contributed by atoms with Gasteiger partial charge in [-0.3, -0.25) is 4.79 Å². The number of hydrogen-bond donors (Lipinski definition) is 2. The number of fused-ring (bicyclic) bond motifs is 2. The zero-order chi connectivity index (χ0) is 18.5. The van der Waals surface area contributed by atoms with E-state index in [2.05, 4.69) is 9.71 Å². The van der Waals surface area contributed by atoms with Crippen molar-refractivity contribution < 1.29 is 27.4 Å². The second-order valence-electron chi connectivity index (χ2n) is 6.87. The molecule has 1 saturated heterocycles. The average molecular weight is 380 g/mol. The number of rotatable bonds is 5. The van der Waals surface area contributed by atoms with Crippen molar-refractivity contribution in [3.63, 3.8) is 0 Å². The number of halogens is 1. The van der Waals surface area contributed by atoms with Crippen LogP contribution >= 0.6 is 0 Å². The van der Waals surface area contributed by atoms with Crippen molar-refractivity contribution in [2.24, 2.45) is 5.92 Å². The maximum Gasteiger partial charge on any atom is 0.307 e. The highest BCUT2D eigenvalue weighted by Crippen LogP contribution is 2.33. The van der Waals surface area contributed by atoms with E-state index in [1.54, 1.807) is 12.1 Å². The van der Waals surface area contributed by atoms with E-state index in [4.69, 9.17) is 4.74 Å². The van der Waals surface area contributed by atoms with Gasteiger partial charge in [-0.05, 0) is 41.5 Å². The first-order chi connectivity index (χ1) is 12.3. The van der Waals surface area contributed by atoms with E-state index < -0.39 is 27.6 Å². The molecule has 2 N–H and O–H groups in total. The summed E-state index contributed by atoms with van der Waals surface area (Å²) in [6.07, 6.45) is 2.16. The summed E-state index contributed by atoms with van der Waals surface area (Å²) in [4.78, 5) is 15.2. The Morgan fingerprint density at radius 3 is 2.65 bits per heavy atom. The Morgan fingerprint density at radius 2 is 2.04 bits per heavy atom. The molecular weight excluding hydrogens is 363 g/mol. The van der Waals surface area contributed by atoms with Crippen LogP contribution in [0.15, 0.2) is 29.4 Å². The molecule has 2 aliphatic rings. The van der Waals surface area contributed by atoms with Gasteiger partial charge in [-0.25, -0.2) is 22.5 Å². The molecule has 1 aliphatic heterocycles. The van der Waals surface area contributed by atoms with Crippen molar-refractivity contribution in [2.75, 3.05) is 19.8 Å². The fraction of sp³-hybridized carbons (Fsp3) is 0.412. The number of nitrogens with one attached hydrogen (secondary N) is 1. The Bertz CT molecular complexity index is 1000. The molecule has 4 rings (SSSR count). The van der Waals surface area contributed by atoms with Crippen molar-refractivity contribution in [1.29, 1.82) is 0 Å². The number of carbonyl (C=O) groups is 1. The molecule has 0 radical (unpaired) electrons. The van der Waals surface area contributed by atoms with Gasteiger partial charge in [-0.2, -0.15) is 0 Å². The largest absolute Gasteiger partial charge is 0.481 e. The zero-order valence-corrected chi connectivity index (χ0v) is 14.6. The van der Waals surface area contributed by atoms with Gasteiger partial charge in [0, 0.05) is 18.1 Å². The summed E-state index contributed by atoms with van der Waals surface area (Å²) in [6.45, 7) is -0.648. The molecule has 1 fully saturated rings. The molecule has 1 aliphatic carbocycles. The van der Waals surface area contributed by atoms with Crippen LogP contribution < -0.4 is 4.72 Å². The second-order valence-corrected chi connectivity index (χ2v) is 8.55. The fourth-order valence-electron chi connectivity index (χ4n) is 3.38. The molecule has 0 bridgehead atoms. The molecule has 2 aromatic rings. The quantitative estimate of drug-likeness (QED) is 0.803. The van der Waals surface area contributed by atoms with E-state index in [9.17, 15) is 22.7 Å². The van der Waals surface area contributed by atoms with Crippen molar-refractivity contribution >= 4 is 26.8 Å². The Hall–Kier alpha value is -2.10. The number of aromatic nitrogens is 1. The minimum atomic E-state index is -4.02. The lowest BCUT2D eigenvalue weighted by Gasteiger charge is -2.33. The molecule has 138 valence electrons. The first-order valence-electron chi connectivity index (χ1n) is 8.17. The minimum absolute atomic E-state index is 0.136. The monoisotopic (exact) mass is 380 g/mol. The van der Waals surface area contributed by atoms with E-state index in [1.165, 1.54) is 6.20 Å². The van der Waals surface area contributed by atoms with Gasteiger partial charge in [-0.1, -0.05) is 6.07 Å². The lowest BCUT2D eigenvalue weighted by atomic mass is 10.0. The number of nitrogens with zero attached hydrogens (tertiary/aromatic N) is 1. The molecule has 7 nitrogen and oxygen atoms in total. The van der Waals surface area contributed by atoms with Gasteiger partial charge >= 0.3 is 5.97 Å². The number of benzene rings is 1. The van der Waals surface area contributed by atoms with Crippen LogP contribution in [0.4, 0.5) is 4.39 Å². The third-order valence-electron chi connectivity index (χ3n) is 4.88. The molecule has 0 amide bonds. The van der Waals surface area contributed by atoms with Gasteiger partial charge in [0.05, 0.1) is 19.1 Å². The highest BCUT2D eigenvalue weighted by atomic mass is 32.2. The van der Waals surface area contributed by atoms with Crippen LogP contribution in [0.25, 0.3) is 10.8 Å². The molecule has 1 atom stereocenters. The summed E-state index contributed by atoms with van der Waals surface area (Å²) in [5.41, 5.74) is 0.0265. The zero-order valence-electron chi connectivity index (χ0n) is 13.7. The van der Waals surface area contributed by atoms with Gasteiger partial charge in [0.2, 0.25) is 0 Å². The summed E-state index contributed by atoms with van der Waals surface area (Å²) in [6, 6.07) is 5.18. The van der Waals surface area contributed by atoms with Gasteiger partial charge in [0.1, 0.15) is 0 Å². The van der Waals surface area contributed by atoms with Crippen LogP contribution in [0.3, 0.4) is 0 Å². The molecule has 2 heterocycles. The third-order valence-corrected chi connectivity index (χ3v) is 6.24. The van der Waals surface area contributed by atoms with Gasteiger partial charge in [0.25, 0.3) is 10.0 Å². The molecule has 1 aromatic heterocycles. The van der Waals surface area contributed by atoms with E-state index in [-0.39, 0.29) is 24.8 Å². The molecule has 1 unspecified atom stereocenters. The smallest absolute Gasteiger partial charge is 0.307 e. The maximum atomic E-state index is 14.0. The van der Waals surface area contributed by atoms with Crippen molar-refractivity contribution in [3.8, 4) is 0 Å². The predicted octanol–water partition coefficient (Wildman–Crippen LogP) is 1.05. The molecular formula is C17H17FN2O5S. The molecule has 9 heteroatoms. The first kappa shape index (κ1) is 17.3. The third kappa shape index (κ3) is 2.95. The van der Waals surface area contributed by atoms with Crippen molar-refractivity contribution in [2.45, 2.75) is 23.5 Å². The summed E-state index contributed by atoms with van der Waals surface area (Å²) in [7, 11) is -4.02. The Kier molecular flexibility index (Phi) is 3.98. The maximum absolute atomic E-state index is 14.0. The predicted molar refractivity (Wildman–Crippen MR) is 90.1 cm³/mol. The highest BCUT2D eigenvalue weighted by molar-refractivity contribution is 7.89. The lowest BCUT2D eigenvalue weighted by Crippen LogP contribution is -2.53. The number of pyridine rings is 1. The number of ether oxygens (including phenoxy) is 1. The number of carboxylic acid groups (broad SMARTS) is 1. The van der Waals surface area contributed by atoms with E-state index in [1.807, 2.05) is 6.07 Å². The van der Waals surface area contributed by atoms with E-state index in [0.717, 1.165) is 11.1 Å². The Balaban J connectivity index is 1.70. The molecule has 26 heavy (non-hydrogen) atoms. The average Bonchev–Trinajstić information content (AvgIpc) is 2.99. The second kappa shape index (κ2) is 5.97. The molecule has 0 saturated carbocycles. The number of aliphatic carboxylic acids is 1. The molecule has 1 aromatic carbocycles. The van der Waals surface area contributed by atoms with Crippen LogP contribution in [0.2, 0.25) is 0 Å². The number of sulfonamides is 1. The van der Waals surface area contributed by atoms with E-state index in [0.29, 0.717) is 23.6 Å². The summed E-state index contributed by atoms with van der Waals surface area (Å²) >= 11 is 0. The fourth-order valence-corrected chi connectivity index (χ4v) is 4.63. The number of hydrogen-bond acceptors (Lipinski definition) is 5. The van der Waals surface area contributed by atoms with Crippen molar-refractivity contribution in [1.82, 2.24) is 9.71 Å². The van der Waals surface area contributed by atoms with Crippen LogP contribution in [-0.2, 0) is 32.4 Å². The van der Waals surface area contributed by atoms with Gasteiger partial charge in [0.15, 0.2) is 10.7 Å².